The zero-order chi connectivity index (χ0) is 13.9. The Labute approximate surface area is 110 Å². The number of pyridine rings is 1. The van der Waals surface area contributed by atoms with Gasteiger partial charge in [0.15, 0.2) is 0 Å². The highest BCUT2D eigenvalue weighted by molar-refractivity contribution is 9.10. The molecule has 0 saturated carbocycles. The topological polar surface area (TPSA) is 94.1 Å². The number of nitrogens with zero attached hydrogens (tertiary/aromatic N) is 2. The van der Waals surface area contributed by atoms with Gasteiger partial charge in [-0.3, -0.25) is 10.1 Å². The average molecular weight is 325 g/mol. The average Bonchev–Trinajstić information content (AvgIpc) is 2.30. The Morgan fingerprint density at radius 3 is 2.78 bits per heavy atom. The Balaban J connectivity index is 2.93. The van der Waals surface area contributed by atoms with Crippen molar-refractivity contribution in [2.45, 2.75) is 12.8 Å². The predicted molar refractivity (Wildman–Crippen MR) is 65.8 cm³/mol. The van der Waals surface area contributed by atoms with Crippen LogP contribution in [0.15, 0.2) is 10.7 Å². The molecule has 0 aliphatic carbocycles. The summed E-state index contributed by atoms with van der Waals surface area (Å²) in [6.45, 7) is 0.0199. The molecule has 0 radical (unpaired) electrons. The van der Waals surface area contributed by atoms with Crippen LogP contribution >= 0.6 is 15.9 Å². The smallest absolute Gasteiger partial charge is 0.291 e. The van der Waals surface area contributed by atoms with E-state index in [1.54, 1.807) is 0 Å². The minimum Gasteiger partial charge on any atom is -0.363 e. The van der Waals surface area contributed by atoms with Crippen LogP contribution in [0.5, 0.6) is 0 Å². The summed E-state index contributed by atoms with van der Waals surface area (Å²) in [5.74, 6) is -2.94. The molecule has 0 saturated heterocycles. The molecule has 0 aromatic carbocycles. The van der Waals surface area contributed by atoms with Crippen LogP contribution in [0, 0.1) is 17.0 Å². The van der Waals surface area contributed by atoms with Gasteiger partial charge < -0.3 is 11.1 Å². The van der Waals surface area contributed by atoms with E-state index in [0.29, 0.717) is 5.56 Å². The standard InChI is InChI=1S/C9H11BrF2N4O2/c1-5-6(16(17)18)2-14-8(7(5)10)15-4-9(11,12)3-13/h2H,3-4,13H2,1H3,(H,14,15). The van der Waals surface area contributed by atoms with Crippen LogP contribution in [0.2, 0.25) is 0 Å². The van der Waals surface area contributed by atoms with Crippen LogP contribution in [-0.2, 0) is 0 Å². The van der Waals surface area contributed by atoms with Crippen molar-refractivity contribution in [3.8, 4) is 0 Å². The Kier molecular flexibility index (Phi) is 4.52. The monoisotopic (exact) mass is 324 g/mol. The second-order valence-corrected chi connectivity index (χ2v) is 4.39. The van der Waals surface area contributed by atoms with Crippen molar-refractivity contribution in [3.05, 3.63) is 26.3 Å². The normalized spacial score (nSPS) is 11.4. The lowest BCUT2D eigenvalue weighted by molar-refractivity contribution is -0.385. The van der Waals surface area contributed by atoms with E-state index in [2.05, 4.69) is 26.2 Å². The number of hydrogen-bond acceptors (Lipinski definition) is 5. The largest absolute Gasteiger partial charge is 0.363 e. The molecule has 1 rings (SSSR count). The number of nitro groups is 1. The van der Waals surface area contributed by atoms with E-state index in [1.807, 2.05) is 0 Å². The van der Waals surface area contributed by atoms with E-state index in [9.17, 15) is 18.9 Å². The van der Waals surface area contributed by atoms with Crippen molar-refractivity contribution in [2.24, 2.45) is 5.73 Å². The van der Waals surface area contributed by atoms with Crippen LogP contribution < -0.4 is 11.1 Å². The molecule has 1 aromatic heterocycles. The lowest BCUT2D eigenvalue weighted by Gasteiger charge is -2.16. The lowest BCUT2D eigenvalue weighted by atomic mass is 10.2. The summed E-state index contributed by atoms with van der Waals surface area (Å²) in [5.41, 5.74) is 5.02. The molecule has 100 valence electrons. The molecule has 18 heavy (non-hydrogen) atoms. The van der Waals surface area contributed by atoms with Gasteiger partial charge in [-0.05, 0) is 22.9 Å². The van der Waals surface area contributed by atoms with Crippen molar-refractivity contribution in [1.82, 2.24) is 4.98 Å². The van der Waals surface area contributed by atoms with Gasteiger partial charge in [-0.2, -0.15) is 0 Å². The molecule has 0 unspecified atom stereocenters. The third-order valence-electron chi connectivity index (χ3n) is 2.25. The number of halogens is 3. The predicted octanol–water partition coefficient (Wildman–Crippen LogP) is 2.07. The first-order valence-corrected chi connectivity index (χ1v) is 5.69. The molecular formula is C9H11BrF2N4O2. The Bertz CT molecular complexity index is 470. The van der Waals surface area contributed by atoms with Crippen LogP contribution in [0.4, 0.5) is 20.3 Å². The molecule has 0 amide bonds. The van der Waals surface area contributed by atoms with Crippen molar-refractivity contribution in [3.63, 3.8) is 0 Å². The molecule has 0 bridgehead atoms. The quantitative estimate of drug-likeness (QED) is 0.638. The van der Waals surface area contributed by atoms with Gasteiger partial charge in [0.2, 0.25) is 0 Å². The van der Waals surface area contributed by atoms with Gasteiger partial charge in [0.1, 0.15) is 12.0 Å². The summed E-state index contributed by atoms with van der Waals surface area (Å²) in [7, 11) is 0. The highest BCUT2D eigenvalue weighted by Crippen LogP contribution is 2.30. The molecule has 1 aromatic rings. The SMILES string of the molecule is Cc1c([N+](=O)[O-])cnc(NCC(F)(F)CN)c1Br. The highest BCUT2D eigenvalue weighted by atomic mass is 79.9. The maximum atomic E-state index is 12.9. The number of anilines is 1. The van der Waals surface area contributed by atoms with Crippen LogP contribution in [-0.4, -0.2) is 28.9 Å². The van der Waals surface area contributed by atoms with E-state index in [0.717, 1.165) is 6.20 Å². The zero-order valence-electron chi connectivity index (χ0n) is 9.41. The fourth-order valence-electron chi connectivity index (χ4n) is 1.16. The Hall–Kier alpha value is -1.35. The van der Waals surface area contributed by atoms with Crippen molar-refractivity contribution >= 4 is 27.4 Å². The minimum absolute atomic E-state index is 0.117. The Morgan fingerprint density at radius 1 is 1.67 bits per heavy atom. The number of alkyl halides is 2. The molecule has 1 heterocycles. The van der Waals surface area contributed by atoms with Crippen molar-refractivity contribution < 1.29 is 13.7 Å². The van der Waals surface area contributed by atoms with Gasteiger partial charge >= 0.3 is 0 Å². The summed E-state index contributed by atoms with van der Waals surface area (Å²) in [6.07, 6.45) is 1.02. The summed E-state index contributed by atoms with van der Waals surface area (Å²) in [5, 5.41) is 13.0. The van der Waals surface area contributed by atoms with Crippen LogP contribution in [0.1, 0.15) is 5.56 Å². The zero-order valence-corrected chi connectivity index (χ0v) is 11.0. The number of aromatic nitrogens is 1. The third-order valence-corrected chi connectivity index (χ3v) is 3.22. The van der Waals surface area contributed by atoms with Gasteiger partial charge in [-0.1, -0.05) is 0 Å². The van der Waals surface area contributed by atoms with E-state index < -0.39 is 23.9 Å². The number of nitrogens with one attached hydrogen (secondary N) is 1. The summed E-state index contributed by atoms with van der Waals surface area (Å²) in [6, 6.07) is 0. The molecule has 0 spiro atoms. The summed E-state index contributed by atoms with van der Waals surface area (Å²) < 4.78 is 26.2. The van der Waals surface area contributed by atoms with Gasteiger partial charge in [-0.15, -0.1) is 0 Å². The molecule has 3 N–H and O–H groups in total. The van der Waals surface area contributed by atoms with E-state index in [4.69, 9.17) is 5.73 Å². The maximum Gasteiger partial charge on any atom is 0.291 e. The second kappa shape index (κ2) is 5.53. The van der Waals surface area contributed by atoms with Gasteiger partial charge in [0.25, 0.3) is 11.6 Å². The lowest BCUT2D eigenvalue weighted by Crippen LogP contribution is -2.35. The minimum atomic E-state index is -3.06. The third kappa shape index (κ3) is 3.33. The van der Waals surface area contributed by atoms with Gasteiger partial charge in [0, 0.05) is 5.56 Å². The van der Waals surface area contributed by atoms with Crippen molar-refractivity contribution in [2.75, 3.05) is 18.4 Å². The van der Waals surface area contributed by atoms with Crippen LogP contribution in [0.3, 0.4) is 0 Å². The first kappa shape index (κ1) is 14.7. The fourth-order valence-corrected chi connectivity index (χ4v) is 1.61. The van der Waals surface area contributed by atoms with E-state index >= 15 is 0 Å². The number of nitrogens with two attached hydrogens (primary N) is 1. The van der Waals surface area contributed by atoms with Crippen molar-refractivity contribution in [1.29, 1.82) is 0 Å². The first-order chi connectivity index (χ1) is 8.28. The molecule has 0 fully saturated rings. The van der Waals surface area contributed by atoms with E-state index in [-0.39, 0.29) is 16.0 Å². The highest BCUT2D eigenvalue weighted by Gasteiger charge is 2.27. The summed E-state index contributed by atoms with van der Waals surface area (Å²) >= 11 is 3.08. The first-order valence-electron chi connectivity index (χ1n) is 4.90. The summed E-state index contributed by atoms with van der Waals surface area (Å²) in [4.78, 5) is 13.8. The molecule has 9 heteroatoms. The Morgan fingerprint density at radius 2 is 2.28 bits per heavy atom. The molecule has 0 aliphatic heterocycles. The number of hydrogen-bond donors (Lipinski definition) is 2. The number of rotatable bonds is 5. The second-order valence-electron chi connectivity index (χ2n) is 3.60. The molecule has 6 nitrogen and oxygen atoms in total. The van der Waals surface area contributed by atoms with E-state index in [1.165, 1.54) is 6.92 Å². The molecule has 0 atom stereocenters. The molecular weight excluding hydrogens is 314 g/mol. The van der Waals surface area contributed by atoms with Crippen LogP contribution in [0.25, 0.3) is 0 Å². The van der Waals surface area contributed by atoms with Gasteiger partial charge in [0.05, 0.1) is 22.5 Å². The molecule has 0 aliphatic rings. The maximum absolute atomic E-state index is 12.9. The fraction of sp³-hybridized carbons (Fsp3) is 0.444. The van der Waals surface area contributed by atoms with Gasteiger partial charge in [-0.25, -0.2) is 13.8 Å².